The van der Waals surface area contributed by atoms with Gasteiger partial charge < -0.3 is 30.4 Å². The second kappa shape index (κ2) is 12.7. The van der Waals surface area contributed by atoms with Gasteiger partial charge in [0.2, 0.25) is 0 Å². The number of amides is 2. The molecule has 1 rings (SSSR count). The first-order valence-electron chi connectivity index (χ1n) is 9.72. The van der Waals surface area contributed by atoms with Gasteiger partial charge in [-0.2, -0.15) is 0 Å². The second-order valence-electron chi connectivity index (χ2n) is 8.24. The topological polar surface area (TPSA) is 122 Å². The lowest BCUT2D eigenvalue weighted by Gasteiger charge is -2.28. The molecule has 0 radical (unpaired) electrons. The van der Waals surface area contributed by atoms with Gasteiger partial charge in [0.1, 0.15) is 11.4 Å². The number of carbonyl (C=O) groups excluding carboxylic acids is 2. The number of guanidine groups is 1. The molecule has 1 aromatic rings. The average Bonchev–Trinajstić information content (AvgIpc) is 3.06. The fourth-order valence-corrected chi connectivity index (χ4v) is 2.63. The molecule has 0 fully saturated rings. The van der Waals surface area contributed by atoms with Crippen LogP contribution in [0.25, 0.3) is 0 Å². The van der Waals surface area contributed by atoms with E-state index in [1.54, 1.807) is 19.2 Å². The summed E-state index contributed by atoms with van der Waals surface area (Å²) in [6.07, 6.45) is 0.310. The van der Waals surface area contributed by atoms with Gasteiger partial charge in [-0.15, -0.1) is 24.0 Å². The van der Waals surface area contributed by atoms with E-state index in [-0.39, 0.29) is 41.7 Å². The van der Waals surface area contributed by atoms with Gasteiger partial charge in [0.15, 0.2) is 11.7 Å². The average molecular weight is 537 g/mol. The minimum Gasteiger partial charge on any atom is -0.454 e. The highest BCUT2D eigenvalue weighted by Crippen LogP contribution is 2.11. The molecule has 0 bridgehead atoms. The molecule has 1 atom stereocenters. The van der Waals surface area contributed by atoms with E-state index in [0.717, 1.165) is 6.42 Å². The van der Waals surface area contributed by atoms with Crippen molar-refractivity contribution in [1.29, 1.82) is 0 Å². The Labute approximate surface area is 196 Å². The summed E-state index contributed by atoms with van der Waals surface area (Å²) >= 11 is 0. The van der Waals surface area contributed by atoms with E-state index in [0.29, 0.717) is 24.8 Å². The first kappa shape index (κ1) is 28.0. The predicted molar refractivity (Wildman–Crippen MR) is 128 cm³/mol. The van der Waals surface area contributed by atoms with E-state index in [1.165, 1.54) is 0 Å². The van der Waals surface area contributed by atoms with Gasteiger partial charge in [0.05, 0.1) is 6.54 Å². The lowest BCUT2D eigenvalue weighted by molar-refractivity contribution is 0.0485. The summed E-state index contributed by atoms with van der Waals surface area (Å²) < 4.78 is 10.7. The van der Waals surface area contributed by atoms with Crippen molar-refractivity contribution in [2.45, 2.75) is 59.2 Å². The van der Waals surface area contributed by atoms with Crippen molar-refractivity contribution in [2.24, 2.45) is 16.6 Å². The van der Waals surface area contributed by atoms with Crippen molar-refractivity contribution in [1.82, 2.24) is 15.5 Å². The number of nitrogens with zero attached hydrogens (tertiary/aromatic N) is 2. The van der Waals surface area contributed by atoms with Crippen LogP contribution in [0.2, 0.25) is 0 Å². The van der Waals surface area contributed by atoms with Crippen LogP contribution >= 0.6 is 24.0 Å². The molecule has 0 saturated heterocycles. The summed E-state index contributed by atoms with van der Waals surface area (Å²) in [5, 5.41) is 6.13. The molecular weight excluding hydrogens is 501 g/mol. The molecule has 0 aliphatic rings. The third kappa shape index (κ3) is 10.2. The molecule has 1 aromatic heterocycles. The number of nitrogens with two attached hydrogens (primary N) is 1. The van der Waals surface area contributed by atoms with Crippen LogP contribution in [0.1, 0.15) is 57.4 Å². The Kier molecular flexibility index (Phi) is 11.8. The quantitative estimate of drug-likeness (QED) is 0.266. The van der Waals surface area contributed by atoms with E-state index in [2.05, 4.69) is 29.5 Å². The van der Waals surface area contributed by atoms with Gasteiger partial charge in [0, 0.05) is 26.7 Å². The van der Waals surface area contributed by atoms with Crippen LogP contribution in [0, 0.1) is 5.92 Å². The minimum absolute atomic E-state index is 0. The van der Waals surface area contributed by atoms with Gasteiger partial charge in [-0.3, -0.25) is 9.79 Å². The Balaban J connectivity index is 0.00000841. The largest absolute Gasteiger partial charge is 0.454 e. The monoisotopic (exact) mass is 537 g/mol. The van der Waals surface area contributed by atoms with E-state index in [4.69, 9.17) is 14.9 Å². The number of carbonyl (C=O) groups is 2. The maximum atomic E-state index is 12.1. The number of hydrogen-bond acceptors (Lipinski definition) is 5. The van der Waals surface area contributed by atoms with E-state index in [9.17, 15) is 9.59 Å². The summed E-state index contributed by atoms with van der Waals surface area (Å²) in [5.41, 5.74) is 4.66. The highest BCUT2D eigenvalue weighted by molar-refractivity contribution is 14.0. The number of halogens is 1. The van der Waals surface area contributed by atoms with Crippen molar-refractivity contribution in [3.63, 3.8) is 0 Å². The maximum absolute atomic E-state index is 12.1. The first-order valence-corrected chi connectivity index (χ1v) is 9.72. The van der Waals surface area contributed by atoms with Crippen LogP contribution in [-0.2, 0) is 11.3 Å². The Morgan fingerprint density at radius 1 is 1.30 bits per heavy atom. The molecule has 30 heavy (non-hydrogen) atoms. The van der Waals surface area contributed by atoms with Gasteiger partial charge in [-0.1, -0.05) is 13.8 Å². The molecule has 2 amide bonds. The zero-order valence-corrected chi connectivity index (χ0v) is 21.3. The van der Waals surface area contributed by atoms with E-state index in [1.807, 2.05) is 32.7 Å². The van der Waals surface area contributed by atoms with E-state index >= 15 is 0 Å². The zero-order valence-electron chi connectivity index (χ0n) is 18.9. The Hall–Kier alpha value is -1.98. The summed E-state index contributed by atoms with van der Waals surface area (Å²) in [6.45, 7) is 10.7. The number of primary amides is 1. The second-order valence-corrected chi connectivity index (χ2v) is 8.24. The number of ether oxygens (including phenoxy) is 1. The molecule has 0 spiro atoms. The Morgan fingerprint density at radius 2 is 1.93 bits per heavy atom. The SMILES string of the molecule is CN=C(NCc1ccc(C(N)=O)o1)N(C)CCC(NC(=O)OC(C)(C)C)C(C)C.I. The van der Waals surface area contributed by atoms with Crippen LogP contribution in [-0.4, -0.2) is 55.1 Å². The summed E-state index contributed by atoms with van der Waals surface area (Å²) in [5.74, 6) is 1.02. The fraction of sp³-hybridized carbons (Fsp3) is 0.650. The van der Waals surface area contributed by atoms with Gasteiger partial charge in [-0.25, -0.2) is 4.79 Å². The van der Waals surface area contributed by atoms with Crippen molar-refractivity contribution in [3.8, 4) is 0 Å². The molecule has 0 aliphatic heterocycles. The van der Waals surface area contributed by atoms with Crippen LogP contribution in [0.15, 0.2) is 21.5 Å². The molecule has 1 heterocycles. The molecule has 0 aliphatic carbocycles. The van der Waals surface area contributed by atoms with Crippen LogP contribution in [0.5, 0.6) is 0 Å². The zero-order chi connectivity index (χ0) is 22.2. The van der Waals surface area contributed by atoms with Crippen molar-refractivity contribution in [3.05, 3.63) is 23.7 Å². The fourth-order valence-electron chi connectivity index (χ4n) is 2.63. The molecule has 0 aromatic carbocycles. The van der Waals surface area contributed by atoms with Crippen LogP contribution < -0.4 is 16.4 Å². The summed E-state index contributed by atoms with van der Waals surface area (Å²) in [6, 6.07) is 3.20. The number of rotatable bonds is 8. The normalized spacial score (nSPS) is 12.7. The van der Waals surface area contributed by atoms with Gasteiger partial charge in [0.25, 0.3) is 5.91 Å². The molecule has 4 N–H and O–H groups in total. The standard InChI is InChI=1S/C20H35N5O4.HI/c1-13(2)15(24-19(27)29-20(3,4)5)10-11-25(7)18(22-6)23-12-14-8-9-16(28-14)17(21)26;/h8-9,13,15H,10-12H2,1-7H3,(H2,21,26)(H,22,23)(H,24,27);1H. The number of aliphatic imine (C=N–C) groups is 1. The minimum atomic E-state index is -0.602. The Bertz CT molecular complexity index is 712. The number of furan rings is 1. The van der Waals surface area contributed by atoms with Crippen molar-refractivity contribution < 1.29 is 18.7 Å². The third-order valence-corrected chi connectivity index (χ3v) is 4.18. The van der Waals surface area contributed by atoms with Crippen molar-refractivity contribution >= 4 is 41.9 Å². The highest BCUT2D eigenvalue weighted by atomic mass is 127. The molecule has 172 valence electrons. The highest BCUT2D eigenvalue weighted by Gasteiger charge is 2.22. The number of hydrogen-bond donors (Lipinski definition) is 3. The van der Waals surface area contributed by atoms with Crippen LogP contribution in [0.3, 0.4) is 0 Å². The third-order valence-electron chi connectivity index (χ3n) is 4.18. The lowest BCUT2D eigenvalue weighted by atomic mass is 10.0. The smallest absolute Gasteiger partial charge is 0.407 e. The molecule has 1 unspecified atom stereocenters. The predicted octanol–water partition coefficient (Wildman–Crippen LogP) is 2.94. The van der Waals surface area contributed by atoms with Crippen molar-refractivity contribution in [2.75, 3.05) is 20.6 Å². The lowest BCUT2D eigenvalue weighted by Crippen LogP contribution is -2.45. The molecule has 0 saturated carbocycles. The van der Waals surface area contributed by atoms with Crippen LogP contribution in [0.4, 0.5) is 4.79 Å². The van der Waals surface area contributed by atoms with Gasteiger partial charge in [-0.05, 0) is 45.2 Å². The first-order chi connectivity index (χ1) is 13.4. The van der Waals surface area contributed by atoms with Gasteiger partial charge >= 0.3 is 6.09 Å². The van der Waals surface area contributed by atoms with E-state index < -0.39 is 17.6 Å². The molecule has 10 heteroatoms. The maximum Gasteiger partial charge on any atom is 0.407 e. The molecule has 9 nitrogen and oxygen atoms in total. The Morgan fingerprint density at radius 3 is 2.40 bits per heavy atom. The molecular formula is C20H36IN5O4. The number of alkyl carbamates (subject to hydrolysis) is 1. The summed E-state index contributed by atoms with van der Waals surface area (Å²) in [4.78, 5) is 29.4. The number of nitrogens with one attached hydrogen (secondary N) is 2. The summed E-state index contributed by atoms with van der Waals surface area (Å²) in [7, 11) is 3.60.